The number of carbonyl (C=O) groups is 6. The van der Waals surface area contributed by atoms with Gasteiger partial charge in [0.1, 0.15) is 0 Å². The summed E-state index contributed by atoms with van der Waals surface area (Å²) in [5.41, 5.74) is 0. The number of hydroxylamine groups is 4. The molecule has 14 heteroatoms. The molecule has 0 bridgehead atoms. The van der Waals surface area contributed by atoms with Crippen molar-refractivity contribution in [2.24, 2.45) is 0 Å². The number of aliphatic hydroxyl groups excluding tert-OH is 1. The van der Waals surface area contributed by atoms with Crippen LogP contribution in [0.4, 0.5) is 0 Å². The molecule has 12 nitrogen and oxygen atoms in total. The highest BCUT2D eigenvalue weighted by atomic mass is 79.9. The maximum atomic E-state index is 12.4. The maximum absolute atomic E-state index is 12.4. The molecule has 0 aliphatic carbocycles. The molecular formula is C17H19Br2N3O9. The minimum atomic E-state index is -1.22. The van der Waals surface area contributed by atoms with Crippen LogP contribution >= 0.6 is 31.9 Å². The van der Waals surface area contributed by atoms with E-state index in [9.17, 15) is 33.9 Å². The van der Waals surface area contributed by atoms with Gasteiger partial charge in [0.25, 0.3) is 23.6 Å². The van der Waals surface area contributed by atoms with Crippen molar-refractivity contribution in [3.8, 4) is 0 Å². The zero-order valence-corrected chi connectivity index (χ0v) is 19.3. The molecule has 0 spiro atoms. The number of nitrogens with zero attached hydrogens (tertiary/aromatic N) is 3. The van der Waals surface area contributed by atoms with Crippen molar-refractivity contribution in [1.82, 2.24) is 15.0 Å². The van der Waals surface area contributed by atoms with Gasteiger partial charge in [-0.1, -0.05) is 15.9 Å². The topological polar surface area (TPSA) is 151 Å². The van der Waals surface area contributed by atoms with Crippen molar-refractivity contribution in [3.05, 3.63) is 9.47 Å². The third-order valence-electron chi connectivity index (χ3n) is 4.29. The van der Waals surface area contributed by atoms with Crippen LogP contribution < -0.4 is 0 Å². The van der Waals surface area contributed by atoms with E-state index in [1.807, 2.05) is 0 Å². The van der Waals surface area contributed by atoms with Crippen LogP contribution in [-0.4, -0.2) is 75.0 Å². The van der Waals surface area contributed by atoms with Crippen LogP contribution in [0.5, 0.6) is 0 Å². The summed E-state index contributed by atoms with van der Waals surface area (Å²) in [6.45, 7) is -0.372. The van der Waals surface area contributed by atoms with Gasteiger partial charge in [0.15, 0.2) is 6.23 Å². The second kappa shape index (κ2) is 11.3. The first-order valence-electron chi connectivity index (χ1n) is 9.16. The lowest BCUT2D eigenvalue weighted by molar-refractivity contribution is -0.220. The Morgan fingerprint density at radius 3 is 2.03 bits per heavy atom. The first-order chi connectivity index (χ1) is 14.6. The molecular weight excluding hydrogens is 550 g/mol. The molecule has 0 aromatic heterocycles. The van der Waals surface area contributed by atoms with E-state index in [-0.39, 0.29) is 56.1 Å². The van der Waals surface area contributed by atoms with Gasteiger partial charge in [-0.2, -0.15) is 0 Å². The van der Waals surface area contributed by atoms with Crippen molar-refractivity contribution >= 4 is 67.4 Å². The van der Waals surface area contributed by atoms with Crippen LogP contribution in [0.2, 0.25) is 0 Å². The lowest BCUT2D eigenvalue weighted by atomic mass is 10.3. The average molecular weight is 569 g/mol. The van der Waals surface area contributed by atoms with E-state index in [0.29, 0.717) is 10.1 Å². The number of imide groups is 1. The molecule has 1 atom stereocenters. The van der Waals surface area contributed by atoms with Crippen LogP contribution in [0.15, 0.2) is 9.47 Å². The van der Waals surface area contributed by atoms with Gasteiger partial charge in [-0.05, 0) is 15.9 Å². The second-order valence-electron chi connectivity index (χ2n) is 6.50. The third kappa shape index (κ3) is 6.83. The average Bonchev–Trinajstić information content (AvgIpc) is 3.22. The molecule has 2 fully saturated rings. The van der Waals surface area contributed by atoms with Crippen LogP contribution in [-0.2, 0) is 38.4 Å². The summed E-state index contributed by atoms with van der Waals surface area (Å²) in [7, 11) is 0. The molecule has 2 aliphatic heterocycles. The predicted octanol–water partition coefficient (Wildman–Crippen LogP) is 0.233. The molecule has 31 heavy (non-hydrogen) atoms. The Hall–Kier alpha value is -2.32. The van der Waals surface area contributed by atoms with Gasteiger partial charge in [-0.3, -0.25) is 19.2 Å². The Morgan fingerprint density at radius 2 is 1.55 bits per heavy atom. The first kappa shape index (κ1) is 24.9. The number of rotatable bonds is 9. The Kier molecular flexibility index (Phi) is 9.13. The standard InChI is InChI=1S/C17H19Br2N3O9/c18-9-10(19)17(29)20(7-5-15(27)30-21-11(23)1-2-12(21)24)8-6-16(28)31-22-13(25)3-4-14(22)26/h9,11,23H,1-8H2/b10-9-. The Bertz CT molecular complexity index is 801. The van der Waals surface area contributed by atoms with Crippen molar-refractivity contribution in [3.63, 3.8) is 0 Å². The highest BCUT2D eigenvalue weighted by molar-refractivity contribution is 9.14. The minimum absolute atomic E-state index is 0.0456. The smallest absolute Gasteiger partial charge is 0.334 e. The van der Waals surface area contributed by atoms with E-state index in [1.54, 1.807) is 0 Å². The van der Waals surface area contributed by atoms with E-state index in [2.05, 4.69) is 31.9 Å². The quantitative estimate of drug-likeness (QED) is 0.304. The molecule has 4 amide bonds. The molecule has 0 saturated carbocycles. The molecule has 0 radical (unpaired) electrons. The zero-order valence-electron chi connectivity index (χ0n) is 16.1. The van der Waals surface area contributed by atoms with Gasteiger partial charge in [0, 0.05) is 43.8 Å². The maximum Gasteiger partial charge on any atom is 0.334 e. The van der Waals surface area contributed by atoms with Crippen molar-refractivity contribution in [2.45, 2.75) is 44.8 Å². The molecule has 1 unspecified atom stereocenters. The fourth-order valence-corrected chi connectivity index (χ4v) is 3.13. The second-order valence-corrected chi connectivity index (χ2v) is 7.81. The number of amides is 4. The normalized spacial score (nSPS) is 19.1. The number of carbonyl (C=O) groups excluding carboxylic acids is 6. The van der Waals surface area contributed by atoms with E-state index in [0.717, 1.165) is 4.90 Å². The minimum Gasteiger partial charge on any atom is -0.370 e. The third-order valence-corrected chi connectivity index (χ3v) is 5.93. The summed E-state index contributed by atoms with van der Waals surface area (Å²) in [4.78, 5) is 83.1. The van der Waals surface area contributed by atoms with Gasteiger partial charge < -0.3 is 19.7 Å². The lowest BCUT2D eigenvalue weighted by Crippen LogP contribution is -2.39. The molecule has 0 aromatic rings. The molecule has 2 rings (SSSR count). The van der Waals surface area contributed by atoms with Gasteiger partial charge >= 0.3 is 11.9 Å². The van der Waals surface area contributed by atoms with Crippen LogP contribution in [0.3, 0.4) is 0 Å². The first-order valence-corrected chi connectivity index (χ1v) is 10.9. The fourth-order valence-electron chi connectivity index (χ4n) is 2.68. The van der Waals surface area contributed by atoms with Crippen molar-refractivity contribution in [1.29, 1.82) is 0 Å². The van der Waals surface area contributed by atoms with Crippen molar-refractivity contribution < 1.29 is 43.5 Å². The molecule has 2 aliphatic rings. The van der Waals surface area contributed by atoms with Gasteiger partial charge in [-0.15, -0.1) is 10.1 Å². The summed E-state index contributed by atoms with van der Waals surface area (Å²) in [6.07, 6.45) is -1.81. The van der Waals surface area contributed by atoms with E-state index in [4.69, 9.17) is 9.68 Å². The fraction of sp³-hybridized carbons (Fsp3) is 0.529. The molecule has 2 saturated heterocycles. The largest absolute Gasteiger partial charge is 0.370 e. The number of hydrogen-bond acceptors (Lipinski definition) is 9. The van der Waals surface area contributed by atoms with Crippen molar-refractivity contribution in [2.75, 3.05) is 13.1 Å². The van der Waals surface area contributed by atoms with E-state index < -0.39 is 41.8 Å². The highest BCUT2D eigenvalue weighted by Gasteiger charge is 2.34. The lowest BCUT2D eigenvalue weighted by Gasteiger charge is -2.23. The van der Waals surface area contributed by atoms with Gasteiger partial charge in [0.2, 0.25) is 0 Å². The molecule has 1 N–H and O–H groups in total. The molecule has 170 valence electrons. The Morgan fingerprint density at radius 1 is 1.00 bits per heavy atom. The summed E-state index contributed by atoms with van der Waals surface area (Å²) < 4.78 is 0.101. The zero-order chi connectivity index (χ0) is 23.1. The van der Waals surface area contributed by atoms with Gasteiger partial charge in [-0.25, -0.2) is 9.59 Å². The number of hydrogen-bond donors (Lipinski definition) is 1. The van der Waals surface area contributed by atoms with E-state index in [1.165, 1.54) is 4.99 Å². The Labute approximate surface area is 193 Å². The number of halogens is 2. The van der Waals surface area contributed by atoms with Crippen LogP contribution in [0.1, 0.15) is 38.5 Å². The Balaban J connectivity index is 1.91. The van der Waals surface area contributed by atoms with Gasteiger partial charge in [0.05, 0.1) is 17.3 Å². The summed E-state index contributed by atoms with van der Waals surface area (Å²) in [6, 6.07) is 0. The highest BCUT2D eigenvalue weighted by Crippen LogP contribution is 2.18. The SMILES string of the molecule is O=C(CCN(CCC(=O)ON1C(=O)CCC1O)C(=O)/C(Br)=C/Br)ON1C(=O)CCC1=O. The molecule has 0 aromatic carbocycles. The molecule has 2 heterocycles. The van der Waals surface area contributed by atoms with Crippen LogP contribution in [0, 0.1) is 0 Å². The monoisotopic (exact) mass is 567 g/mol. The summed E-state index contributed by atoms with van der Waals surface area (Å²) in [5, 5.41) is 10.6. The summed E-state index contributed by atoms with van der Waals surface area (Å²) >= 11 is 6.03. The predicted molar refractivity (Wildman–Crippen MR) is 107 cm³/mol. The van der Waals surface area contributed by atoms with E-state index >= 15 is 0 Å². The van der Waals surface area contributed by atoms with Crippen LogP contribution in [0.25, 0.3) is 0 Å². The summed E-state index contributed by atoms with van der Waals surface area (Å²) in [5.74, 6) is -4.12. The number of aliphatic hydroxyl groups is 1.